The van der Waals surface area contributed by atoms with Crippen LogP contribution in [0.1, 0.15) is 47.1 Å². The second-order valence-corrected chi connectivity index (χ2v) is 9.95. The SMILES string of the molecule is C=C[C@H]1CC[C@H](c2ccccc2)S(=O)(=O)N1Cc1cc(F)c(C(CO)CC(N)=O)cc1F. The second-order valence-electron chi connectivity index (χ2n) is 7.88. The van der Waals surface area contributed by atoms with Crippen LogP contribution in [0.2, 0.25) is 0 Å². The van der Waals surface area contributed by atoms with Gasteiger partial charge in [0, 0.05) is 30.5 Å². The summed E-state index contributed by atoms with van der Waals surface area (Å²) in [5, 5.41) is 8.66. The van der Waals surface area contributed by atoms with Gasteiger partial charge in [-0.1, -0.05) is 36.4 Å². The fourth-order valence-corrected chi connectivity index (χ4v) is 6.29. The number of hydrogen-bond donors (Lipinski definition) is 2. The summed E-state index contributed by atoms with van der Waals surface area (Å²) in [6.07, 6.45) is 2.04. The summed E-state index contributed by atoms with van der Waals surface area (Å²) in [6.45, 7) is 2.75. The van der Waals surface area contributed by atoms with Crippen molar-refractivity contribution in [2.24, 2.45) is 5.73 Å². The maximum Gasteiger partial charge on any atom is 0.222 e. The normalized spacial score (nSPS) is 21.7. The Bertz CT molecular complexity index is 1090. The van der Waals surface area contributed by atoms with Crippen molar-refractivity contribution in [1.29, 1.82) is 0 Å². The Morgan fingerprint density at radius 2 is 1.91 bits per heavy atom. The van der Waals surface area contributed by atoms with Crippen LogP contribution < -0.4 is 5.73 Å². The van der Waals surface area contributed by atoms with E-state index in [0.717, 1.165) is 16.4 Å². The summed E-state index contributed by atoms with van der Waals surface area (Å²) in [6, 6.07) is 10.0. The number of aliphatic hydroxyl groups is 1. The van der Waals surface area contributed by atoms with Gasteiger partial charge in [-0.15, -0.1) is 6.58 Å². The van der Waals surface area contributed by atoms with E-state index in [1.807, 2.05) is 0 Å². The first-order valence-corrected chi connectivity index (χ1v) is 11.7. The van der Waals surface area contributed by atoms with Gasteiger partial charge in [0.2, 0.25) is 15.9 Å². The number of benzene rings is 2. The fraction of sp³-hybridized carbons (Fsp3) is 0.348. The Labute approximate surface area is 186 Å². The lowest BCUT2D eigenvalue weighted by atomic mass is 9.94. The third-order valence-corrected chi connectivity index (χ3v) is 8.10. The topological polar surface area (TPSA) is 101 Å². The van der Waals surface area contributed by atoms with Gasteiger partial charge in [0.15, 0.2) is 0 Å². The van der Waals surface area contributed by atoms with E-state index in [1.54, 1.807) is 30.3 Å². The highest BCUT2D eigenvalue weighted by atomic mass is 32.2. The van der Waals surface area contributed by atoms with Crippen LogP contribution in [0.3, 0.4) is 0 Å². The number of nitrogens with zero attached hydrogens (tertiary/aromatic N) is 1. The van der Waals surface area contributed by atoms with Crippen molar-refractivity contribution < 1.29 is 27.1 Å². The van der Waals surface area contributed by atoms with E-state index in [0.29, 0.717) is 18.4 Å². The van der Waals surface area contributed by atoms with Gasteiger partial charge >= 0.3 is 0 Å². The Morgan fingerprint density at radius 1 is 1.22 bits per heavy atom. The minimum Gasteiger partial charge on any atom is -0.396 e. The molecule has 0 bridgehead atoms. The Morgan fingerprint density at radius 3 is 2.50 bits per heavy atom. The van der Waals surface area contributed by atoms with Gasteiger partial charge in [-0.3, -0.25) is 4.79 Å². The molecule has 1 fully saturated rings. The minimum absolute atomic E-state index is 0.147. The average molecular weight is 465 g/mol. The zero-order valence-corrected chi connectivity index (χ0v) is 18.3. The Balaban J connectivity index is 1.95. The Hall–Kier alpha value is -2.62. The van der Waals surface area contributed by atoms with E-state index in [2.05, 4.69) is 6.58 Å². The molecule has 1 saturated heterocycles. The van der Waals surface area contributed by atoms with Crippen molar-refractivity contribution in [2.75, 3.05) is 6.61 Å². The molecule has 6 nitrogen and oxygen atoms in total. The van der Waals surface area contributed by atoms with Crippen molar-refractivity contribution in [2.45, 2.75) is 43.0 Å². The lowest BCUT2D eigenvalue weighted by Crippen LogP contribution is -2.45. The van der Waals surface area contributed by atoms with Crippen LogP contribution >= 0.6 is 0 Å². The Kier molecular flexibility index (Phi) is 7.43. The zero-order valence-electron chi connectivity index (χ0n) is 17.5. The van der Waals surface area contributed by atoms with Crippen LogP contribution in [-0.2, 0) is 21.4 Å². The molecule has 0 spiro atoms. The van der Waals surface area contributed by atoms with E-state index in [9.17, 15) is 27.1 Å². The van der Waals surface area contributed by atoms with E-state index in [1.165, 1.54) is 6.08 Å². The molecule has 1 aliphatic rings. The summed E-state index contributed by atoms with van der Waals surface area (Å²) in [5.74, 6) is -3.42. The standard InChI is InChI=1S/C23H26F2N2O4S/c1-2-18-8-9-22(15-6-4-3-5-7-15)32(30,31)27(18)13-16-10-21(25)19(12-20(16)24)17(14-28)11-23(26)29/h2-7,10,12,17-18,22,28H,1,8-9,11,13-14H2,(H2,26,29)/t17?,18-,22+/m0/s1. The smallest absolute Gasteiger partial charge is 0.222 e. The monoisotopic (exact) mass is 464 g/mol. The van der Waals surface area contributed by atoms with Gasteiger partial charge in [-0.25, -0.2) is 17.2 Å². The van der Waals surface area contributed by atoms with Crippen LogP contribution in [-0.4, -0.2) is 36.4 Å². The van der Waals surface area contributed by atoms with E-state index < -0.39 is 51.4 Å². The number of sulfonamides is 1. The molecule has 3 rings (SSSR count). The molecule has 0 saturated carbocycles. The van der Waals surface area contributed by atoms with Crippen LogP contribution in [0.25, 0.3) is 0 Å². The minimum atomic E-state index is -3.88. The molecule has 2 aromatic rings. The lowest BCUT2D eigenvalue weighted by Gasteiger charge is -2.38. The number of hydrogen-bond acceptors (Lipinski definition) is 4. The molecular weight excluding hydrogens is 438 g/mol. The first-order chi connectivity index (χ1) is 15.2. The molecule has 1 amide bonds. The predicted molar refractivity (Wildman–Crippen MR) is 117 cm³/mol. The number of carbonyl (C=O) groups is 1. The van der Waals surface area contributed by atoms with Gasteiger partial charge in [0.25, 0.3) is 0 Å². The van der Waals surface area contributed by atoms with Crippen LogP contribution in [0.4, 0.5) is 8.78 Å². The molecule has 1 unspecified atom stereocenters. The van der Waals surface area contributed by atoms with Crippen LogP contribution in [0.15, 0.2) is 55.1 Å². The maximum absolute atomic E-state index is 14.9. The zero-order chi connectivity index (χ0) is 23.5. The molecule has 32 heavy (non-hydrogen) atoms. The van der Waals surface area contributed by atoms with Crippen molar-refractivity contribution >= 4 is 15.9 Å². The van der Waals surface area contributed by atoms with Gasteiger partial charge in [0.05, 0.1) is 6.61 Å². The molecule has 172 valence electrons. The van der Waals surface area contributed by atoms with E-state index in [4.69, 9.17) is 5.73 Å². The number of halogens is 2. The number of primary amides is 1. The van der Waals surface area contributed by atoms with Crippen molar-refractivity contribution in [3.05, 3.63) is 83.4 Å². The quantitative estimate of drug-likeness (QED) is 0.586. The predicted octanol–water partition coefficient (Wildman–Crippen LogP) is 3.14. The molecule has 0 radical (unpaired) electrons. The van der Waals surface area contributed by atoms with Crippen LogP contribution in [0.5, 0.6) is 0 Å². The highest BCUT2D eigenvalue weighted by Crippen LogP contribution is 2.39. The number of nitrogens with two attached hydrogens (primary N) is 1. The van der Waals surface area contributed by atoms with Crippen molar-refractivity contribution in [1.82, 2.24) is 4.31 Å². The summed E-state index contributed by atoms with van der Waals surface area (Å²) in [5.41, 5.74) is 5.43. The molecule has 0 aliphatic carbocycles. The van der Waals surface area contributed by atoms with Gasteiger partial charge in [-0.2, -0.15) is 4.31 Å². The highest BCUT2D eigenvalue weighted by molar-refractivity contribution is 7.89. The molecule has 3 atom stereocenters. The first-order valence-electron chi connectivity index (χ1n) is 10.2. The van der Waals surface area contributed by atoms with E-state index in [-0.39, 0.29) is 24.1 Å². The summed E-state index contributed by atoms with van der Waals surface area (Å²) in [7, 11) is -3.88. The van der Waals surface area contributed by atoms with Gasteiger partial charge in [-0.05, 0) is 36.1 Å². The average Bonchev–Trinajstić information content (AvgIpc) is 2.75. The largest absolute Gasteiger partial charge is 0.396 e. The van der Waals surface area contributed by atoms with Gasteiger partial charge in [0.1, 0.15) is 16.9 Å². The molecule has 1 heterocycles. The molecule has 1 aliphatic heterocycles. The third kappa shape index (κ3) is 4.90. The molecule has 0 aromatic heterocycles. The second kappa shape index (κ2) is 9.89. The highest BCUT2D eigenvalue weighted by Gasteiger charge is 2.41. The lowest BCUT2D eigenvalue weighted by molar-refractivity contribution is -0.118. The fourth-order valence-electron chi connectivity index (χ4n) is 4.14. The molecular formula is C23H26F2N2O4S. The maximum atomic E-state index is 14.9. The number of amides is 1. The summed E-state index contributed by atoms with van der Waals surface area (Å²) in [4.78, 5) is 11.2. The molecule has 9 heteroatoms. The number of rotatable bonds is 8. The number of carbonyl (C=O) groups excluding carboxylic acids is 1. The van der Waals surface area contributed by atoms with Crippen molar-refractivity contribution in [3.8, 4) is 0 Å². The third-order valence-electron chi connectivity index (χ3n) is 5.82. The van der Waals surface area contributed by atoms with Crippen molar-refractivity contribution in [3.63, 3.8) is 0 Å². The molecule has 2 aromatic carbocycles. The molecule has 3 N–H and O–H groups in total. The summed E-state index contributed by atoms with van der Waals surface area (Å²) >= 11 is 0. The summed E-state index contributed by atoms with van der Waals surface area (Å²) < 4.78 is 57.6. The van der Waals surface area contributed by atoms with E-state index >= 15 is 0 Å². The number of aliphatic hydroxyl groups excluding tert-OH is 1. The van der Waals surface area contributed by atoms with Crippen LogP contribution in [0, 0.1) is 11.6 Å². The van der Waals surface area contributed by atoms with Gasteiger partial charge < -0.3 is 10.8 Å². The first kappa shape index (κ1) is 24.0.